The van der Waals surface area contributed by atoms with Crippen molar-refractivity contribution in [3.05, 3.63) is 46.5 Å². The molecule has 4 bridgehead atoms. The maximum absolute atomic E-state index is 13.9. The molecule has 4 aliphatic rings. The summed E-state index contributed by atoms with van der Waals surface area (Å²) in [7, 11) is 0. The lowest BCUT2D eigenvalue weighted by molar-refractivity contribution is -0.174. The molecular weight excluding hydrogens is 761 g/mol. The minimum atomic E-state index is -1.10. The van der Waals surface area contributed by atoms with Crippen LogP contribution in [0.15, 0.2) is 34.1 Å². The zero-order valence-corrected chi connectivity index (χ0v) is 37.2. The molecule has 2 aromatic rings. The van der Waals surface area contributed by atoms with Gasteiger partial charge in [0.15, 0.2) is 0 Å². The van der Waals surface area contributed by atoms with E-state index >= 15 is 0 Å². The highest BCUT2D eigenvalue weighted by molar-refractivity contribution is 8.00. The molecule has 312 valence electrons. The Morgan fingerprint density at radius 1 is 0.509 bits per heavy atom. The van der Waals surface area contributed by atoms with Crippen LogP contribution in [-0.4, -0.2) is 54.8 Å². The number of aromatic hydroxyl groups is 2. The summed E-state index contributed by atoms with van der Waals surface area (Å²) < 4.78 is 5.56. The first-order valence-corrected chi connectivity index (χ1v) is 22.2. The third kappa shape index (κ3) is 8.22. The lowest BCUT2D eigenvalue weighted by Crippen LogP contribution is -2.43. The molecule has 2 aromatic carbocycles. The Morgan fingerprint density at radius 2 is 0.789 bits per heavy atom. The van der Waals surface area contributed by atoms with E-state index in [9.17, 15) is 39.6 Å². The Hall–Kier alpha value is -3.18. The second-order valence-corrected chi connectivity index (χ2v) is 24.0. The van der Waals surface area contributed by atoms with Crippen molar-refractivity contribution in [2.24, 2.45) is 47.3 Å². The molecule has 0 heterocycles. The minimum absolute atomic E-state index is 0.0787. The zero-order chi connectivity index (χ0) is 42.5. The van der Waals surface area contributed by atoms with Crippen molar-refractivity contribution in [1.29, 1.82) is 0 Å². The number of phenols is 2. The van der Waals surface area contributed by atoms with Crippen LogP contribution in [0.5, 0.6) is 11.5 Å². The second kappa shape index (κ2) is 14.8. The van der Waals surface area contributed by atoms with Crippen molar-refractivity contribution >= 4 is 47.4 Å². The summed E-state index contributed by atoms with van der Waals surface area (Å²) in [6.45, 7) is 24.6. The summed E-state index contributed by atoms with van der Waals surface area (Å²) in [6.07, 6.45) is 2.21. The highest BCUT2D eigenvalue weighted by Gasteiger charge is 2.62. The first-order chi connectivity index (χ1) is 26.1. The average Bonchev–Trinajstić information content (AvgIpc) is 3.83. The van der Waals surface area contributed by atoms with E-state index in [0.29, 0.717) is 25.7 Å². The van der Waals surface area contributed by atoms with Gasteiger partial charge in [0.1, 0.15) is 11.5 Å². The van der Waals surface area contributed by atoms with Crippen LogP contribution in [0.1, 0.15) is 131 Å². The van der Waals surface area contributed by atoms with Crippen LogP contribution in [0.25, 0.3) is 0 Å². The number of ether oxygens (including phenoxy) is 1. The van der Waals surface area contributed by atoms with Gasteiger partial charge in [0.25, 0.3) is 0 Å². The van der Waals surface area contributed by atoms with Crippen molar-refractivity contribution in [1.82, 2.24) is 0 Å². The first kappa shape index (κ1) is 43.4. The van der Waals surface area contributed by atoms with E-state index in [1.807, 2.05) is 107 Å². The van der Waals surface area contributed by atoms with Gasteiger partial charge in [-0.15, -0.1) is 23.5 Å². The summed E-state index contributed by atoms with van der Waals surface area (Å²) in [5.74, 6) is -8.59. The third-order valence-electron chi connectivity index (χ3n) is 13.2. The Kier molecular flexibility index (Phi) is 11.3. The van der Waals surface area contributed by atoms with Gasteiger partial charge < -0.3 is 25.2 Å². The maximum atomic E-state index is 13.9. The smallest absolute Gasteiger partial charge is 0.317 e. The predicted octanol–water partition coefficient (Wildman–Crippen LogP) is 9.69. The Bertz CT molecular complexity index is 1750. The van der Waals surface area contributed by atoms with Gasteiger partial charge in [-0.25, -0.2) is 0 Å². The molecule has 0 spiro atoms. The number of carboxylic acids is 2. The highest BCUT2D eigenvalue weighted by atomic mass is 32.2. The fourth-order valence-electron chi connectivity index (χ4n) is 10.4. The number of fused-ring (bicyclic) bond motifs is 4. The zero-order valence-electron chi connectivity index (χ0n) is 35.6. The Balaban J connectivity index is 1.17. The first-order valence-electron chi connectivity index (χ1n) is 20.4. The largest absolute Gasteiger partial charge is 0.507 e. The molecule has 10 atom stereocenters. The molecule has 0 saturated heterocycles. The normalized spacial score (nSPS) is 29.8. The molecule has 57 heavy (non-hydrogen) atoms. The average molecular weight is 823 g/mol. The van der Waals surface area contributed by atoms with E-state index in [2.05, 4.69) is 0 Å². The van der Waals surface area contributed by atoms with Gasteiger partial charge in [0.05, 0.1) is 23.7 Å². The predicted molar refractivity (Wildman–Crippen MR) is 223 cm³/mol. The number of hydrogen-bond donors (Lipinski definition) is 4. The van der Waals surface area contributed by atoms with Crippen LogP contribution < -0.4 is 0 Å². The van der Waals surface area contributed by atoms with Crippen molar-refractivity contribution in [2.45, 2.75) is 151 Å². The van der Waals surface area contributed by atoms with Crippen LogP contribution in [0, 0.1) is 47.3 Å². The number of hydrogen-bond acceptors (Lipinski definition) is 9. The van der Waals surface area contributed by atoms with Crippen molar-refractivity contribution < 1.29 is 44.3 Å². The lowest BCUT2D eigenvalue weighted by atomic mass is 9.78. The summed E-state index contributed by atoms with van der Waals surface area (Å²) in [6, 6.07) is 7.98. The summed E-state index contributed by atoms with van der Waals surface area (Å²) >= 11 is 3.19. The van der Waals surface area contributed by atoms with Gasteiger partial charge in [0.2, 0.25) is 0 Å². The molecule has 0 amide bonds. The lowest BCUT2D eigenvalue weighted by Gasteiger charge is -2.34. The Labute approximate surface area is 346 Å². The van der Waals surface area contributed by atoms with Gasteiger partial charge in [-0.1, -0.05) is 83.1 Å². The van der Waals surface area contributed by atoms with E-state index < -0.39 is 47.5 Å². The van der Waals surface area contributed by atoms with E-state index in [4.69, 9.17) is 4.74 Å². The molecule has 10 unspecified atom stereocenters. The number of carbonyl (C=O) groups excluding carboxylic acids is 2. The third-order valence-corrected chi connectivity index (χ3v) is 15.9. The van der Waals surface area contributed by atoms with Crippen LogP contribution in [0.4, 0.5) is 0 Å². The van der Waals surface area contributed by atoms with E-state index in [1.54, 1.807) is 23.5 Å². The molecule has 9 nitrogen and oxygen atoms in total. The summed E-state index contributed by atoms with van der Waals surface area (Å²) in [5.41, 5.74) is 2.01. The molecule has 4 saturated carbocycles. The number of phenolic OH excluding ortho intramolecular Hbond substituents is 2. The second-order valence-electron chi connectivity index (χ2n) is 21.4. The quantitative estimate of drug-likeness (QED) is 0.148. The fraction of sp³-hybridized carbons (Fsp3) is 0.652. The van der Waals surface area contributed by atoms with Crippen LogP contribution in [0.2, 0.25) is 0 Å². The van der Waals surface area contributed by atoms with Crippen molar-refractivity contribution in [2.75, 3.05) is 0 Å². The molecule has 0 aromatic heterocycles. The van der Waals surface area contributed by atoms with Crippen LogP contribution in [0.3, 0.4) is 0 Å². The molecule has 4 aliphatic carbocycles. The van der Waals surface area contributed by atoms with E-state index in [-0.39, 0.29) is 67.3 Å². The maximum Gasteiger partial charge on any atom is 0.317 e. The molecule has 11 heteroatoms. The topological polar surface area (TPSA) is 158 Å². The number of esters is 2. The summed E-state index contributed by atoms with van der Waals surface area (Å²) in [5, 5.41) is 43.3. The van der Waals surface area contributed by atoms with Crippen LogP contribution >= 0.6 is 23.5 Å². The number of rotatable bonds is 8. The van der Waals surface area contributed by atoms with Gasteiger partial charge in [0, 0.05) is 42.5 Å². The van der Waals surface area contributed by atoms with Gasteiger partial charge in [-0.2, -0.15) is 0 Å². The summed E-state index contributed by atoms with van der Waals surface area (Å²) in [4.78, 5) is 55.3. The minimum Gasteiger partial charge on any atom is -0.507 e. The van der Waals surface area contributed by atoms with E-state index in [1.165, 1.54) is 0 Å². The molecule has 0 radical (unpaired) electrons. The molecule has 6 rings (SSSR count). The molecular formula is C46H62O9S2. The van der Waals surface area contributed by atoms with Crippen molar-refractivity contribution in [3.8, 4) is 11.5 Å². The van der Waals surface area contributed by atoms with Gasteiger partial charge in [-0.05, 0) is 95.3 Å². The van der Waals surface area contributed by atoms with Crippen LogP contribution in [-0.2, 0) is 45.6 Å². The number of carboxylic acid groups (broad SMARTS) is 2. The van der Waals surface area contributed by atoms with Gasteiger partial charge in [-0.3, -0.25) is 19.2 Å². The molecule has 4 N–H and O–H groups in total. The number of thioether (sulfide) groups is 2. The number of benzene rings is 2. The molecule has 4 fully saturated rings. The fourth-order valence-corrected chi connectivity index (χ4v) is 13.5. The highest BCUT2D eigenvalue weighted by Crippen LogP contribution is 2.60. The number of carbonyl (C=O) groups is 4. The van der Waals surface area contributed by atoms with Gasteiger partial charge >= 0.3 is 23.9 Å². The monoisotopic (exact) mass is 822 g/mol. The molecule has 0 aliphatic heterocycles. The van der Waals surface area contributed by atoms with E-state index in [0.717, 1.165) is 32.0 Å². The standard InChI is InChI=1S/C46H62O9S2/c1-43(2,3)27-17-23(18-28(37(27)47)44(4,5)6)56-31-15-21-13-25(31)35(39(49)50)33(21)41(53)55-42(54)34-22-14-26(36(34)40(51)52)32(16-22)57-24-19-29(45(7,8)9)38(48)30(20-24)46(10,11)12/h17-22,25-26,31-36,47-48H,13-16H2,1-12H3,(H,49,50)(H,51,52). The van der Waals surface area contributed by atoms with Crippen molar-refractivity contribution in [3.63, 3.8) is 0 Å². The Morgan fingerprint density at radius 3 is 1.04 bits per heavy atom. The number of aliphatic carboxylic acids is 2. The SMILES string of the molecule is CC(C)(C)c1cc(SC2CC3CC2C(C(=O)O)C3C(=O)OC(=O)C2C3CC(Sc4cc(C(C)(C)C)c(O)c(C(C)(C)C)c4)C(C3)C2C(=O)O)cc(C(C)(C)C)c1O.